The average molecular weight is 246 g/mol. The van der Waals surface area contributed by atoms with Crippen molar-refractivity contribution in [3.8, 4) is 0 Å². The SMILES string of the molecule is O=C(Nc1cccs1)NC(CO)(CO)CO. The van der Waals surface area contributed by atoms with Crippen LogP contribution in [0.15, 0.2) is 17.5 Å². The summed E-state index contributed by atoms with van der Waals surface area (Å²) >= 11 is 1.34. The Morgan fingerprint density at radius 2 is 1.94 bits per heavy atom. The first-order valence-corrected chi connectivity index (χ1v) is 5.49. The molecule has 0 saturated carbocycles. The molecule has 1 heterocycles. The third kappa shape index (κ3) is 3.17. The van der Waals surface area contributed by atoms with Crippen molar-refractivity contribution < 1.29 is 20.1 Å². The van der Waals surface area contributed by atoms with E-state index >= 15 is 0 Å². The van der Waals surface area contributed by atoms with Gasteiger partial charge in [0.25, 0.3) is 0 Å². The molecule has 0 bridgehead atoms. The molecule has 6 nitrogen and oxygen atoms in total. The fourth-order valence-electron chi connectivity index (χ4n) is 1.00. The van der Waals surface area contributed by atoms with Crippen LogP contribution in [0.4, 0.5) is 9.80 Å². The number of amides is 2. The highest BCUT2D eigenvalue weighted by atomic mass is 32.1. The molecule has 2 amide bonds. The number of carbonyl (C=O) groups excluding carboxylic acids is 1. The van der Waals surface area contributed by atoms with E-state index in [0.717, 1.165) is 0 Å². The highest BCUT2D eigenvalue weighted by Crippen LogP contribution is 2.14. The van der Waals surface area contributed by atoms with Crippen molar-refractivity contribution in [2.24, 2.45) is 0 Å². The Labute approximate surface area is 96.5 Å². The van der Waals surface area contributed by atoms with Crippen molar-refractivity contribution in [1.82, 2.24) is 5.32 Å². The molecular weight excluding hydrogens is 232 g/mol. The second kappa shape index (κ2) is 5.80. The Bertz CT molecular complexity index is 316. The summed E-state index contributed by atoms with van der Waals surface area (Å²) in [6.07, 6.45) is 0. The van der Waals surface area contributed by atoms with Crippen LogP contribution in [0, 0.1) is 0 Å². The average Bonchev–Trinajstić information content (AvgIpc) is 2.79. The number of thiophene rings is 1. The normalized spacial score (nSPS) is 11.2. The van der Waals surface area contributed by atoms with Gasteiger partial charge in [0.2, 0.25) is 0 Å². The van der Waals surface area contributed by atoms with Gasteiger partial charge >= 0.3 is 6.03 Å². The number of rotatable bonds is 5. The van der Waals surface area contributed by atoms with Crippen LogP contribution in [-0.4, -0.2) is 46.7 Å². The fraction of sp³-hybridized carbons (Fsp3) is 0.444. The summed E-state index contributed by atoms with van der Waals surface area (Å²) < 4.78 is 0. The standard InChI is InChI=1S/C9H14N2O4S/c12-4-9(5-13,6-14)11-8(15)10-7-2-1-3-16-7/h1-3,12-14H,4-6H2,(H2,10,11,15). The van der Waals surface area contributed by atoms with Crippen molar-refractivity contribution in [1.29, 1.82) is 0 Å². The van der Waals surface area contributed by atoms with Crippen molar-refractivity contribution in [2.45, 2.75) is 5.54 Å². The molecule has 1 aromatic rings. The van der Waals surface area contributed by atoms with E-state index in [1.165, 1.54) is 11.3 Å². The van der Waals surface area contributed by atoms with E-state index in [1.807, 2.05) is 0 Å². The molecule has 0 aliphatic carbocycles. The smallest absolute Gasteiger partial charge is 0.320 e. The zero-order valence-corrected chi connectivity index (χ0v) is 9.33. The second-order valence-electron chi connectivity index (χ2n) is 3.31. The molecule has 1 aromatic heterocycles. The number of aliphatic hydroxyl groups is 3. The van der Waals surface area contributed by atoms with E-state index in [1.54, 1.807) is 17.5 Å². The summed E-state index contributed by atoms with van der Waals surface area (Å²) in [5.74, 6) is 0. The van der Waals surface area contributed by atoms with Gasteiger partial charge in [-0.1, -0.05) is 0 Å². The molecule has 5 N–H and O–H groups in total. The van der Waals surface area contributed by atoms with Gasteiger partial charge in [0.05, 0.1) is 24.8 Å². The molecule has 0 aliphatic rings. The lowest BCUT2D eigenvalue weighted by Crippen LogP contribution is -2.58. The minimum atomic E-state index is -1.40. The van der Waals surface area contributed by atoms with Crippen molar-refractivity contribution in [3.05, 3.63) is 17.5 Å². The topological polar surface area (TPSA) is 102 Å². The molecule has 0 spiro atoms. The lowest BCUT2D eigenvalue weighted by molar-refractivity contribution is 0.0507. The summed E-state index contributed by atoms with van der Waals surface area (Å²) in [6, 6.07) is 2.90. The van der Waals surface area contributed by atoms with Gasteiger partial charge in [-0.15, -0.1) is 11.3 Å². The number of anilines is 1. The lowest BCUT2D eigenvalue weighted by Gasteiger charge is -2.28. The number of nitrogens with one attached hydrogen (secondary N) is 2. The Balaban J connectivity index is 2.55. The minimum absolute atomic E-state index is 0.544. The Kier molecular flexibility index (Phi) is 4.69. The van der Waals surface area contributed by atoms with Gasteiger partial charge in [0.1, 0.15) is 5.54 Å². The molecule has 1 rings (SSSR count). The van der Waals surface area contributed by atoms with Crippen LogP contribution in [0.1, 0.15) is 0 Å². The minimum Gasteiger partial charge on any atom is -0.394 e. The van der Waals surface area contributed by atoms with Crippen molar-refractivity contribution in [2.75, 3.05) is 25.1 Å². The van der Waals surface area contributed by atoms with Crippen LogP contribution in [0.3, 0.4) is 0 Å². The van der Waals surface area contributed by atoms with Crippen LogP contribution in [-0.2, 0) is 0 Å². The van der Waals surface area contributed by atoms with Gasteiger partial charge in [-0.3, -0.25) is 5.32 Å². The zero-order chi connectivity index (χ0) is 12.0. The monoisotopic (exact) mass is 246 g/mol. The Hall–Kier alpha value is -1.15. The first-order valence-electron chi connectivity index (χ1n) is 4.61. The highest BCUT2D eigenvalue weighted by Gasteiger charge is 2.29. The van der Waals surface area contributed by atoms with Gasteiger partial charge < -0.3 is 20.6 Å². The molecule has 0 saturated heterocycles. The quantitative estimate of drug-likeness (QED) is 0.487. The van der Waals surface area contributed by atoms with Crippen molar-refractivity contribution >= 4 is 22.4 Å². The third-order valence-electron chi connectivity index (χ3n) is 2.04. The summed E-state index contributed by atoms with van der Waals surface area (Å²) in [5.41, 5.74) is -1.40. The largest absolute Gasteiger partial charge is 0.394 e. The molecule has 16 heavy (non-hydrogen) atoms. The van der Waals surface area contributed by atoms with E-state index in [-0.39, 0.29) is 0 Å². The van der Waals surface area contributed by atoms with Gasteiger partial charge in [0.15, 0.2) is 0 Å². The van der Waals surface area contributed by atoms with Gasteiger partial charge in [-0.05, 0) is 17.5 Å². The number of aliphatic hydroxyl groups excluding tert-OH is 3. The van der Waals surface area contributed by atoms with E-state index in [0.29, 0.717) is 5.00 Å². The fourth-order valence-corrected chi connectivity index (χ4v) is 1.61. The van der Waals surface area contributed by atoms with Gasteiger partial charge in [-0.2, -0.15) is 0 Å². The predicted octanol–water partition coefficient (Wildman–Crippen LogP) is -0.415. The number of urea groups is 1. The Morgan fingerprint density at radius 3 is 2.38 bits per heavy atom. The summed E-state index contributed by atoms with van der Waals surface area (Å²) in [5, 5.41) is 34.3. The summed E-state index contributed by atoms with van der Waals surface area (Å²) in [4.78, 5) is 11.5. The molecule has 0 unspecified atom stereocenters. The maximum absolute atomic E-state index is 11.5. The lowest BCUT2D eigenvalue weighted by atomic mass is 10.0. The predicted molar refractivity (Wildman–Crippen MR) is 60.5 cm³/mol. The van der Waals surface area contributed by atoms with Crippen LogP contribution < -0.4 is 10.6 Å². The molecule has 7 heteroatoms. The highest BCUT2D eigenvalue weighted by molar-refractivity contribution is 7.14. The molecule has 0 fully saturated rings. The van der Waals surface area contributed by atoms with Crippen LogP contribution in [0.5, 0.6) is 0 Å². The first-order chi connectivity index (χ1) is 7.65. The maximum Gasteiger partial charge on any atom is 0.320 e. The van der Waals surface area contributed by atoms with Gasteiger partial charge in [-0.25, -0.2) is 4.79 Å². The zero-order valence-electron chi connectivity index (χ0n) is 8.51. The molecule has 0 radical (unpaired) electrons. The molecular formula is C9H14N2O4S. The summed E-state index contributed by atoms with van der Waals surface area (Å²) in [6.45, 7) is -1.63. The van der Waals surface area contributed by atoms with Crippen LogP contribution >= 0.6 is 11.3 Å². The maximum atomic E-state index is 11.5. The third-order valence-corrected chi connectivity index (χ3v) is 2.83. The van der Waals surface area contributed by atoms with Crippen LogP contribution in [0.25, 0.3) is 0 Å². The molecule has 0 atom stereocenters. The van der Waals surface area contributed by atoms with E-state index in [4.69, 9.17) is 15.3 Å². The second-order valence-corrected chi connectivity index (χ2v) is 4.26. The van der Waals surface area contributed by atoms with E-state index in [2.05, 4.69) is 10.6 Å². The molecule has 0 aromatic carbocycles. The summed E-state index contributed by atoms with van der Waals surface area (Å²) in [7, 11) is 0. The molecule has 90 valence electrons. The number of hydrogen-bond acceptors (Lipinski definition) is 5. The van der Waals surface area contributed by atoms with Crippen LogP contribution in [0.2, 0.25) is 0 Å². The molecule has 0 aliphatic heterocycles. The number of hydrogen-bond donors (Lipinski definition) is 5. The van der Waals surface area contributed by atoms with E-state index in [9.17, 15) is 4.79 Å². The first kappa shape index (κ1) is 12.9. The van der Waals surface area contributed by atoms with Gasteiger partial charge in [0, 0.05) is 0 Å². The van der Waals surface area contributed by atoms with E-state index < -0.39 is 31.4 Å². The van der Waals surface area contributed by atoms with Crippen molar-refractivity contribution in [3.63, 3.8) is 0 Å². The number of carbonyl (C=O) groups is 1. The Morgan fingerprint density at radius 1 is 1.31 bits per heavy atom.